The molecule has 3 aromatic rings. The van der Waals surface area contributed by atoms with Gasteiger partial charge in [0.25, 0.3) is 10.0 Å². The molecule has 2 heterocycles. The first kappa shape index (κ1) is 26.5. The van der Waals surface area contributed by atoms with Crippen molar-refractivity contribution >= 4 is 68.0 Å². The third-order valence-electron chi connectivity index (χ3n) is 5.26. The molecule has 0 N–H and O–H groups in total. The van der Waals surface area contributed by atoms with Gasteiger partial charge in [-0.05, 0) is 81.3 Å². The first-order valence-corrected chi connectivity index (χ1v) is 13.5. The van der Waals surface area contributed by atoms with Gasteiger partial charge in [0.05, 0.1) is 10.6 Å². The summed E-state index contributed by atoms with van der Waals surface area (Å²) >= 11 is 18.0. The van der Waals surface area contributed by atoms with Gasteiger partial charge in [-0.2, -0.15) is 0 Å². The molecule has 0 saturated heterocycles. The van der Waals surface area contributed by atoms with Crippen LogP contribution in [-0.2, 0) is 26.0 Å². The lowest BCUT2D eigenvalue weighted by Gasteiger charge is -2.27. The van der Waals surface area contributed by atoms with Crippen LogP contribution in [0.3, 0.4) is 0 Å². The number of anilines is 3. The number of hydrogen-bond donors (Lipinski definition) is 0. The van der Waals surface area contributed by atoms with Gasteiger partial charge >= 0.3 is 5.97 Å². The third-order valence-corrected chi connectivity index (χ3v) is 7.65. The number of nitrogens with zero attached hydrogens (tertiary/aromatic N) is 4. The van der Waals surface area contributed by atoms with E-state index < -0.39 is 28.1 Å². The molecular formula is C24H23Cl3N4O4S. The van der Waals surface area contributed by atoms with Crippen molar-refractivity contribution in [2.75, 3.05) is 22.3 Å². The van der Waals surface area contributed by atoms with Crippen molar-refractivity contribution < 1.29 is 17.9 Å². The quantitative estimate of drug-likeness (QED) is 0.353. The smallest absolute Gasteiger partial charge is 0.327 e. The topological polar surface area (TPSA) is 92.7 Å². The summed E-state index contributed by atoms with van der Waals surface area (Å²) in [7, 11) is -4.22. The molecule has 0 fully saturated rings. The zero-order chi connectivity index (χ0) is 26.3. The molecule has 36 heavy (non-hydrogen) atoms. The number of fused-ring (bicyclic) bond motifs is 1. The average Bonchev–Trinajstić information content (AvgIpc) is 3.19. The number of aromatic nitrogens is 2. The Hall–Kier alpha value is -2.59. The second-order valence-electron chi connectivity index (χ2n) is 9.13. The zero-order valence-corrected chi connectivity index (χ0v) is 22.8. The molecule has 0 radical (unpaired) electrons. The maximum Gasteiger partial charge on any atom is 0.327 e. The maximum absolute atomic E-state index is 13.7. The Morgan fingerprint density at radius 3 is 2.33 bits per heavy atom. The molecule has 0 aliphatic carbocycles. The molecule has 1 aliphatic rings. The minimum Gasteiger partial charge on any atom is -0.459 e. The van der Waals surface area contributed by atoms with Crippen molar-refractivity contribution in [3.8, 4) is 0 Å². The van der Waals surface area contributed by atoms with Crippen molar-refractivity contribution in [3.05, 3.63) is 69.3 Å². The van der Waals surface area contributed by atoms with Crippen LogP contribution < -0.4 is 9.21 Å². The number of esters is 1. The van der Waals surface area contributed by atoms with E-state index in [1.54, 1.807) is 51.1 Å². The highest BCUT2D eigenvalue weighted by atomic mass is 35.5. The van der Waals surface area contributed by atoms with Gasteiger partial charge in [-0.15, -0.1) is 10.2 Å². The standard InChI is InChI=1S/C24H23Cl3N4O4S/c1-24(2,3)35-23(32)14-31(36(33,34)19-12-16(25)11-17(26)13-19)18-4-5-20-15(10-18)8-9-30(20)22-7-6-21(27)28-29-22/h4-7,10-13H,8-9,14H2,1-3H3. The Bertz CT molecular complexity index is 1390. The molecule has 4 rings (SSSR count). The molecule has 1 aliphatic heterocycles. The lowest BCUT2D eigenvalue weighted by atomic mass is 10.1. The van der Waals surface area contributed by atoms with Gasteiger partial charge in [-0.25, -0.2) is 8.42 Å². The summed E-state index contributed by atoms with van der Waals surface area (Å²) in [5.74, 6) is -0.0736. The van der Waals surface area contributed by atoms with E-state index in [4.69, 9.17) is 39.5 Å². The number of rotatable bonds is 6. The van der Waals surface area contributed by atoms with E-state index >= 15 is 0 Å². The Morgan fingerprint density at radius 2 is 1.72 bits per heavy atom. The lowest BCUT2D eigenvalue weighted by molar-refractivity contribution is -0.152. The normalized spacial score (nSPS) is 13.4. The highest BCUT2D eigenvalue weighted by Gasteiger charge is 2.31. The molecule has 12 heteroatoms. The molecule has 190 valence electrons. The van der Waals surface area contributed by atoms with E-state index in [1.807, 2.05) is 4.90 Å². The fourth-order valence-electron chi connectivity index (χ4n) is 3.84. The first-order valence-electron chi connectivity index (χ1n) is 10.9. The van der Waals surface area contributed by atoms with Crippen LogP contribution in [0.25, 0.3) is 0 Å². The minimum absolute atomic E-state index is 0.137. The molecule has 0 unspecified atom stereocenters. The van der Waals surface area contributed by atoms with Crippen LogP contribution in [0.2, 0.25) is 15.2 Å². The fourth-order valence-corrected chi connectivity index (χ4v) is 6.07. The van der Waals surface area contributed by atoms with Crippen LogP contribution in [0.5, 0.6) is 0 Å². The van der Waals surface area contributed by atoms with Gasteiger partial charge in [0.1, 0.15) is 12.1 Å². The summed E-state index contributed by atoms with van der Waals surface area (Å²) in [4.78, 5) is 14.6. The molecular weight excluding hydrogens is 547 g/mol. The molecule has 0 spiro atoms. The fraction of sp³-hybridized carbons (Fsp3) is 0.292. The highest BCUT2D eigenvalue weighted by Crippen LogP contribution is 2.37. The van der Waals surface area contributed by atoms with Crippen LogP contribution in [0.4, 0.5) is 17.2 Å². The zero-order valence-electron chi connectivity index (χ0n) is 19.7. The van der Waals surface area contributed by atoms with E-state index in [2.05, 4.69) is 10.2 Å². The van der Waals surface area contributed by atoms with Crippen LogP contribution in [0.1, 0.15) is 26.3 Å². The first-order chi connectivity index (χ1) is 16.8. The van der Waals surface area contributed by atoms with Crippen molar-refractivity contribution in [2.24, 2.45) is 0 Å². The summed E-state index contributed by atoms with van der Waals surface area (Å²) < 4.78 is 33.9. The minimum atomic E-state index is -4.22. The second kappa shape index (κ2) is 10.0. The Balaban J connectivity index is 1.74. The van der Waals surface area contributed by atoms with Crippen molar-refractivity contribution in [2.45, 2.75) is 37.7 Å². The molecule has 0 bridgehead atoms. The monoisotopic (exact) mass is 568 g/mol. The molecule has 0 saturated carbocycles. The SMILES string of the molecule is CC(C)(C)OC(=O)CN(c1ccc2c(c1)CCN2c1ccc(Cl)nn1)S(=O)(=O)c1cc(Cl)cc(Cl)c1. The largest absolute Gasteiger partial charge is 0.459 e. The third kappa shape index (κ3) is 5.86. The number of carbonyl (C=O) groups excluding carboxylic acids is 1. The van der Waals surface area contributed by atoms with Crippen molar-refractivity contribution in [3.63, 3.8) is 0 Å². The molecule has 2 aromatic carbocycles. The number of halogens is 3. The molecule has 1 aromatic heterocycles. The van der Waals surface area contributed by atoms with E-state index in [-0.39, 0.29) is 20.1 Å². The molecule has 8 nitrogen and oxygen atoms in total. The van der Waals surface area contributed by atoms with E-state index in [0.29, 0.717) is 24.5 Å². The van der Waals surface area contributed by atoms with Crippen LogP contribution in [0, 0.1) is 0 Å². The summed E-state index contributed by atoms with van der Waals surface area (Å²) in [6, 6.07) is 12.6. The number of hydrogen-bond acceptors (Lipinski definition) is 7. The van der Waals surface area contributed by atoms with Gasteiger partial charge in [0.15, 0.2) is 11.0 Å². The Labute approximate surface area is 224 Å². The summed E-state index contributed by atoms with van der Waals surface area (Å²) in [5, 5.41) is 8.64. The summed E-state index contributed by atoms with van der Waals surface area (Å²) in [6.45, 7) is 5.23. The van der Waals surface area contributed by atoms with E-state index in [9.17, 15) is 13.2 Å². The van der Waals surface area contributed by atoms with Crippen LogP contribution in [-0.4, -0.2) is 43.3 Å². The Morgan fingerprint density at radius 1 is 1.03 bits per heavy atom. The van der Waals surface area contributed by atoms with Gasteiger partial charge in [0.2, 0.25) is 0 Å². The number of ether oxygens (including phenoxy) is 1. The van der Waals surface area contributed by atoms with E-state index in [0.717, 1.165) is 15.6 Å². The van der Waals surface area contributed by atoms with Gasteiger partial charge in [-0.1, -0.05) is 34.8 Å². The number of sulfonamides is 1. The van der Waals surface area contributed by atoms with E-state index in [1.165, 1.54) is 18.2 Å². The summed E-state index contributed by atoms with van der Waals surface area (Å²) in [5.41, 5.74) is 1.26. The van der Waals surface area contributed by atoms with Gasteiger partial charge in [0, 0.05) is 22.3 Å². The maximum atomic E-state index is 13.7. The second-order valence-corrected chi connectivity index (χ2v) is 12.3. The highest BCUT2D eigenvalue weighted by molar-refractivity contribution is 7.92. The molecule has 0 atom stereocenters. The van der Waals surface area contributed by atoms with Crippen LogP contribution >= 0.6 is 34.8 Å². The average molecular weight is 570 g/mol. The van der Waals surface area contributed by atoms with Crippen molar-refractivity contribution in [1.29, 1.82) is 0 Å². The van der Waals surface area contributed by atoms with Gasteiger partial charge in [-0.3, -0.25) is 9.10 Å². The predicted octanol–water partition coefficient (Wildman–Crippen LogP) is 5.67. The van der Waals surface area contributed by atoms with Crippen LogP contribution in [0.15, 0.2) is 53.4 Å². The number of carbonyl (C=O) groups is 1. The Kier molecular flexibility index (Phi) is 7.39. The van der Waals surface area contributed by atoms with Gasteiger partial charge < -0.3 is 9.64 Å². The van der Waals surface area contributed by atoms with Crippen molar-refractivity contribution in [1.82, 2.24) is 10.2 Å². The predicted molar refractivity (Wildman–Crippen MR) is 141 cm³/mol. The number of benzene rings is 2. The summed E-state index contributed by atoms with van der Waals surface area (Å²) in [6.07, 6.45) is 0.636. The molecule has 0 amide bonds. The lowest BCUT2D eigenvalue weighted by Crippen LogP contribution is -2.39.